The van der Waals surface area contributed by atoms with E-state index in [0.29, 0.717) is 6.54 Å². The Morgan fingerprint density at radius 3 is 2.88 bits per heavy atom. The number of aliphatic hydroxyl groups excluding tert-OH is 1. The van der Waals surface area contributed by atoms with Crippen molar-refractivity contribution in [3.63, 3.8) is 0 Å². The molecular formula is C12H21N3O. The van der Waals surface area contributed by atoms with Gasteiger partial charge in [0.25, 0.3) is 0 Å². The largest absolute Gasteiger partial charge is 0.395 e. The van der Waals surface area contributed by atoms with Crippen molar-refractivity contribution in [3.8, 4) is 0 Å². The molecule has 0 amide bonds. The van der Waals surface area contributed by atoms with Crippen molar-refractivity contribution in [3.05, 3.63) is 23.9 Å². The van der Waals surface area contributed by atoms with Crippen LogP contribution in [0.1, 0.15) is 25.5 Å². The summed E-state index contributed by atoms with van der Waals surface area (Å²) < 4.78 is 0. The first-order valence-electron chi connectivity index (χ1n) is 5.72. The maximum atomic E-state index is 9.03. The van der Waals surface area contributed by atoms with E-state index in [0.717, 1.165) is 12.4 Å². The third kappa shape index (κ3) is 2.93. The van der Waals surface area contributed by atoms with E-state index in [-0.39, 0.29) is 12.6 Å². The summed E-state index contributed by atoms with van der Waals surface area (Å²) in [5, 5.41) is 12.2. The summed E-state index contributed by atoms with van der Waals surface area (Å²) in [6.07, 6.45) is 1.79. The lowest BCUT2D eigenvalue weighted by Gasteiger charge is -2.25. The fourth-order valence-electron chi connectivity index (χ4n) is 1.70. The second kappa shape index (κ2) is 6.45. The Balaban J connectivity index is 3.00. The number of anilines is 1. The van der Waals surface area contributed by atoms with Gasteiger partial charge < -0.3 is 15.3 Å². The zero-order valence-corrected chi connectivity index (χ0v) is 10.3. The minimum Gasteiger partial charge on any atom is -0.395 e. The number of rotatable bonds is 6. The topological polar surface area (TPSA) is 48.4 Å². The van der Waals surface area contributed by atoms with Gasteiger partial charge in [-0.05, 0) is 27.0 Å². The Labute approximate surface area is 97.3 Å². The highest BCUT2D eigenvalue weighted by atomic mass is 16.3. The van der Waals surface area contributed by atoms with Gasteiger partial charge in [-0.15, -0.1) is 0 Å². The van der Waals surface area contributed by atoms with Crippen LogP contribution in [0, 0.1) is 0 Å². The number of likely N-dealkylation sites (N-methyl/N-ethyl adjacent to an activating group) is 1. The predicted molar refractivity (Wildman–Crippen MR) is 66.7 cm³/mol. The quantitative estimate of drug-likeness (QED) is 0.760. The highest BCUT2D eigenvalue weighted by Gasteiger charge is 2.14. The molecule has 1 aromatic heterocycles. The highest BCUT2D eigenvalue weighted by molar-refractivity contribution is 5.48. The van der Waals surface area contributed by atoms with Crippen LogP contribution in [0.3, 0.4) is 0 Å². The van der Waals surface area contributed by atoms with Gasteiger partial charge in [0.15, 0.2) is 0 Å². The van der Waals surface area contributed by atoms with Crippen LogP contribution in [0.4, 0.5) is 5.82 Å². The fourth-order valence-corrected chi connectivity index (χ4v) is 1.70. The van der Waals surface area contributed by atoms with Crippen LogP contribution in [0.15, 0.2) is 18.3 Å². The number of aromatic nitrogens is 1. The van der Waals surface area contributed by atoms with Crippen molar-refractivity contribution in [1.82, 2.24) is 10.3 Å². The third-order valence-corrected chi connectivity index (χ3v) is 2.77. The van der Waals surface area contributed by atoms with Crippen molar-refractivity contribution >= 4 is 5.82 Å². The fraction of sp³-hybridized carbons (Fsp3) is 0.583. The average Bonchev–Trinajstić information content (AvgIpc) is 2.35. The Morgan fingerprint density at radius 2 is 2.31 bits per heavy atom. The average molecular weight is 223 g/mol. The van der Waals surface area contributed by atoms with Gasteiger partial charge in [0, 0.05) is 30.9 Å². The molecule has 1 unspecified atom stereocenters. The lowest BCUT2D eigenvalue weighted by atomic mass is 10.1. The van der Waals surface area contributed by atoms with Gasteiger partial charge >= 0.3 is 0 Å². The summed E-state index contributed by atoms with van der Waals surface area (Å²) in [4.78, 5) is 6.50. The summed E-state index contributed by atoms with van der Waals surface area (Å²) in [6.45, 7) is 5.79. The molecule has 0 aliphatic rings. The normalized spacial score (nSPS) is 12.5. The van der Waals surface area contributed by atoms with Gasteiger partial charge in [-0.3, -0.25) is 0 Å². The maximum Gasteiger partial charge on any atom is 0.133 e. The van der Waals surface area contributed by atoms with Gasteiger partial charge in [0.1, 0.15) is 5.82 Å². The van der Waals surface area contributed by atoms with Gasteiger partial charge in [0.2, 0.25) is 0 Å². The molecule has 2 N–H and O–H groups in total. The Bertz CT molecular complexity index is 317. The summed E-state index contributed by atoms with van der Waals surface area (Å²) in [5.74, 6) is 0.959. The minimum absolute atomic E-state index is 0.151. The monoisotopic (exact) mass is 223 g/mol. The van der Waals surface area contributed by atoms with E-state index in [1.165, 1.54) is 5.56 Å². The molecule has 0 aliphatic carbocycles. The van der Waals surface area contributed by atoms with E-state index >= 15 is 0 Å². The molecule has 1 aromatic rings. The Kier molecular flexibility index (Phi) is 5.22. The van der Waals surface area contributed by atoms with E-state index in [2.05, 4.69) is 35.1 Å². The van der Waals surface area contributed by atoms with Gasteiger partial charge in [-0.25, -0.2) is 4.98 Å². The Morgan fingerprint density at radius 1 is 1.56 bits per heavy atom. The molecule has 90 valence electrons. The molecule has 0 radical (unpaired) electrons. The van der Waals surface area contributed by atoms with Gasteiger partial charge in [0.05, 0.1) is 6.61 Å². The lowest BCUT2D eigenvalue weighted by molar-refractivity contribution is 0.302. The van der Waals surface area contributed by atoms with E-state index in [1.807, 2.05) is 13.1 Å². The van der Waals surface area contributed by atoms with Crippen molar-refractivity contribution in [2.24, 2.45) is 0 Å². The molecule has 4 nitrogen and oxygen atoms in total. The van der Waals surface area contributed by atoms with Crippen LogP contribution >= 0.6 is 0 Å². The molecule has 1 atom stereocenters. The molecule has 0 aromatic carbocycles. The third-order valence-electron chi connectivity index (χ3n) is 2.77. The molecule has 0 saturated heterocycles. The van der Waals surface area contributed by atoms with E-state index in [9.17, 15) is 0 Å². The number of hydrogen-bond acceptors (Lipinski definition) is 4. The van der Waals surface area contributed by atoms with E-state index in [4.69, 9.17) is 5.11 Å². The molecule has 0 fully saturated rings. The minimum atomic E-state index is 0.151. The zero-order chi connectivity index (χ0) is 12.0. The highest BCUT2D eigenvalue weighted by Crippen LogP contribution is 2.23. The van der Waals surface area contributed by atoms with E-state index < -0.39 is 0 Å². The number of pyridine rings is 1. The summed E-state index contributed by atoms with van der Waals surface area (Å²) in [5.41, 5.74) is 1.17. The molecule has 0 saturated carbocycles. The number of nitrogens with one attached hydrogen (secondary N) is 1. The van der Waals surface area contributed by atoms with Crippen LogP contribution in [0.2, 0.25) is 0 Å². The smallest absolute Gasteiger partial charge is 0.133 e. The van der Waals surface area contributed by atoms with Gasteiger partial charge in [-0.2, -0.15) is 0 Å². The molecule has 0 aliphatic heterocycles. The summed E-state index contributed by atoms with van der Waals surface area (Å²) >= 11 is 0. The number of aliphatic hydroxyl groups is 1. The molecule has 1 rings (SSSR count). The SMILES string of the molecule is CCN(CCO)c1ncccc1C(C)NC. The van der Waals surface area contributed by atoms with Crippen molar-refractivity contribution in [2.45, 2.75) is 19.9 Å². The lowest BCUT2D eigenvalue weighted by Crippen LogP contribution is -2.29. The van der Waals surface area contributed by atoms with E-state index in [1.54, 1.807) is 6.20 Å². The zero-order valence-electron chi connectivity index (χ0n) is 10.3. The van der Waals surface area contributed by atoms with Crippen LogP contribution in [-0.4, -0.2) is 36.8 Å². The molecule has 0 spiro atoms. The first-order valence-corrected chi connectivity index (χ1v) is 5.72. The van der Waals surface area contributed by atoms with Crippen molar-refractivity contribution < 1.29 is 5.11 Å². The van der Waals surface area contributed by atoms with Crippen LogP contribution in [-0.2, 0) is 0 Å². The van der Waals surface area contributed by atoms with Crippen molar-refractivity contribution in [2.75, 3.05) is 31.6 Å². The number of nitrogens with zero attached hydrogens (tertiary/aromatic N) is 2. The van der Waals surface area contributed by atoms with Gasteiger partial charge in [-0.1, -0.05) is 6.07 Å². The molecule has 1 heterocycles. The first kappa shape index (κ1) is 12.9. The van der Waals surface area contributed by atoms with Crippen LogP contribution < -0.4 is 10.2 Å². The second-order valence-electron chi connectivity index (χ2n) is 3.73. The standard InChI is InChI=1S/C12H21N3O/c1-4-15(8-9-16)12-11(10(2)13-3)6-5-7-14-12/h5-7,10,13,16H,4,8-9H2,1-3H3. The molecule has 4 heteroatoms. The van der Waals surface area contributed by atoms with Crippen LogP contribution in [0.5, 0.6) is 0 Å². The first-order chi connectivity index (χ1) is 7.74. The molecule has 16 heavy (non-hydrogen) atoms. The molecule has 0 bridgehead atoms. The maximum absolute atomic E-state index is 9.03. The predicted octanol–water partition coefficient (Wildman–Crippen LogP) is 1.18. The number of hydrogen-bond donors (Lipinski definition) is 2. The van der Waals surface area contributed by atoms with Crippen molar-refractivity contribution in [1.29, 1.82) is 0 Å². The Hall–Kier alpha value is -1.13. The van der Waals surface area contributed by atoms with Crippen LogP contribution in [0.25, 0.3) is 0 Å². The summed E-state index contributed by atoms with van der Waals surface area (Å²) in [6, 6.07) is 4.28. The summed E-state index contributed by atoms with van der Waals surface area (Å²) in [7, 11) is 1.93. The second-order valence-corrected chi connectivity index (χ2v) is 3.73. The molecular weight excluding hydrogens is 202 g/mol.